The van der Waals surface area contributed by atoms with Crippen molar-refractivity contribution >= 4 is 27.1 Å². The maximum absolute atomic E-state index is 12.7. The van der Waals surface area contributed by atoms with Crippen LogP contribution in [0.4, 0.5) is 11.4 Å². The van der Waals surface area contributed by atoms with Crippen LogP contribution in [0.5, 0.6) is 0 Å². The molecule has 2 N–H and O–H groups in total. The van der Waals surface area contributed by atoms with Gasteiger partial charge in [-0.3, -0.25) is 14.9 Å². The van der Waals surface area contributed by atoms with Crippen LogP contribution in [0.1, 0.15) is 10.4 Å². The Bertz CT molecular complexity index is 1210. The molecule has 3 aromatic rings. The Kier molecular flexibility index (Phi) is 6.66. The fraction of sp³-hybridized carbons (Fsp3) is 0.136. The summed E-state index contributed by atoms with van der Waals surface area (Å²) in [5, 5.41) is 17.0. The molecule has 1 amide bonds. The van der Waals surface area contributed by atoms with Gasteiger partial charge >= 0.3 is 0 Å². The van der Waals surface area contributed by atoms with Crippen molar-refractivity contribution in [3.63, 3.8) is 0 Å². The van der Waals surface area contributed by atoms with Gasteiger partial charge in [0, 0.05) is 31.0 Å². The van der Waals surface area contributed by atoms with Gasteiger partial charge in [-0.1, -0.05) is 48.5 Å². The number of hydrogen-bond donors (Lipinski definition) is 2. The van der Waals surface area contributed by atoms with E-state index in [4.69, 9.17) is 0 Å². The molecule has 0 aliphatic carbocycles. The van der Waals surface area contributed by atoms with Crippen molar-refractivity contribution in [3.8, 4) is 11.1 Å². The lowest BCUT2D eigenvalue weighted by Crippen LogP contribution is -2.29. The van der Waals surface area contributed by atoms with Gasteiger partial charge in [0.05, 0.1) is 9.82 Å². The second-order valence-electron chi connectivity index (χ2n) is 6.80. The first-order valence-corrected chi connectivity index (χ1v) is 11.3. The summed E-state index contributed by atoms with van der Waals surface area (Å²) in [4.78, 5) is 23.2. The fourth-order valence-electron chi connectivity index (χ4n) is 3.06. The average Bonchev–Trinajstić information content (AvgIpc) is 2.76. The average molecular weight is 439 g/mol. The van der Waals surface area contributed by atoms with Crippen LogP contribution in [0.3, 0.4) is 0 Å². The number of carbonyl (C=O) groups is 1. The van der Waals surface area contributed by atoms with Gasteiger partial charge in [0.25, 0.3) is 11.6 Å². The molecule has 0 aliphatic rings. The van der Waals surface area contributed by atoms with Crippen molar-refractivity contribution < 1.29 is 18.1 Å². The van der Waals surface area contributed by atoms with Gasteiger partial charge in [0.2, 0.25) is 0 Å². The standard InChI is InChI=1S/C22H21N3O5S/c1-31(29,30)17-11-12-20(21(15-17)25(27)28)23-13-14-24-22(26)19-10-6-5-9-18(19)16-7-3-2-4-8-16/h2-12,15,23H,13-14H2,1H3,(H,24,26). The van der Waals surface area contributed by atoms with Gasteiger partial charge < -0.3 is 10.6 Å². The summed E-state index contributed by atoms with van der Waals surface area (Å²) in [6.45, 7) is 0.436. The summed E-state index contributed by atoms with van der Waals surface area (Å²) in [6.07, 6.45) is 0.988. The van der Waals surface area contributed by atoms with E-state index in [-0.39, 0.29) is 35.3 Å². The molecule has 0 aromatic heterocycles. The van der Waals surface area contributed by atoms with Crippen molar-refractivity contribution in [2.45, 2.75) is 4.90 Å². The number of nitrogens with zero attached hydrogens (tertiary/aromatic N) is 1. The molecule has 0 saturated heterocycles. The van der Waals surface area contributed by atoms with Crippen molar-refractivity contribution in [1.29, 1.82) is 0 Å². The van der Waals surface area contributed by atoms with Crippen molar-refractivity contribution in [2.24, 2.45) is 0 Å². The van der Waals surface area contributed by atoms with Crippen LogP contribution in [-0.4, -0.2) is 38.6 Å². The minimum atomic E-state index is -3.56. The minimum Gasteiger partial charge on any atom is -0.378 e. The van der Waals surface area contributed by atoms with E-state index in [0.717, 1.165) is 23.4 Å². The molecular formula is C22H21N3O5S. The summed E-state index contributed by atoms with van der Waals surface area (Å²) in [5.41, 5.74) is 2.09. The Morgan fingerprint density at radius 1 is 0.968 bits per heavy atom. The van der Waals surface area contributed by atoms with E-state index in [9.17, 15) is 23.3 Å². The highest BCUT2D eigenvalue weighted by Crippen LogP contribution is 2.27. The maximum Gasteiger partial charge on any atom is 0.293 e. The number of nitro groups is 1. The Morgan fingerprint density at radius 2 is 1.65 bits per heavy atom. The van der Waals surface area contributed by atoms with Crippen LogP contribution in [-0.2, 0) is 9.84 Å². The Balaban J connectivity index is 1.66. The van der Waals surface area contributed by atoms with E-state index in [1.165, 1.54) is 12.1 Å². The number of rotatable bonds is 8. The van der Waals surface area contributed by atoms with Gasteiger partial charge in [-0.25, -0.2) is 8.42 Å². The minimum absolute atomic E-state index is 0.129. The lowest BCUT2D eigenvalue weighted by molar-refractivity contribution is -0.384. The largest absolute Gasteiger partial charge is 0.378 e. The zero-order valence-corrected chi connectivity index (χ0v) is 17.6. The fourth-order valence-corrected chi connectivity index (χ4v) is 3.70. The molecule has 0 heterocycles. The first-order valence-electron chi connectivity index (χ1n) is 9.42. The lowest BCUT2D eigenvalue weighted by atomic mass is 9.99. The zero-order valence-electron chi connectivity index (χ0n) is 16.7. The molecule has 3 aromatic carbocycles. The highest BCUT2D eigenvalue weighted by molar-refractivity contribution is 7.90. The molecule has 0 saturated carbocycles. The molecule has 0 fully saturated rings. The smallest absolute Gasteiger partial charge is 0.293 e. The molecular weight excluding hydrogens is 418 g/mol. The normalized spacial score (nSPS) is 11.0. The molecule has 8 nitrogen and oxygen atoms in total. The van der Waals surface area contributed by atoms with Crippen LogP contribution < -0.4 is 10.6 Å². The van der Waals surface area contributed by atoms with Gasteiger partial charge in [-0.15, -0.1) is 0 Å². The number of benzene rings is 3. The van der Waals surface area contributed by atoms with Crippen LogP contribution >= 0.6 is 0 Å². The van der Waals surface area contributed by atoms with Gasteiger partial charge in [-0.2, -0.15) is 0 Å². The van der Waals surface area contributed by atoms with E-state index in [2.05, 4.69) is 10.6 Å². The van der Waals surface area contributed by atoms with Crippen molar-refractivity contribution in [1.82, 2.24) is 5.32 Å². The molecule has 0 spiro atoms. The number of nitrogens with one attached hydrogen (secondary N) is 2. The number of sulfone groups is 1. The van der Waals surface area contributed by atoms with Gasteiger partial charge in [0.1, 0.15) is 5.69 Å². The number of hydrogen-bond acceptors (Lipinski definition) is 6. The van der Waals surface area contributed by atoms with Crippen LogP contribution in [0.2, 0.25) is 0 Å². The monoisotopic (exact) mass is 439 g/mol. The van der Waals surface area contributed by atoms with E-state index >= 15 is 0 Å². The third kappa shape index (κ3) is 5.46. The molecule has 0 aliphatic heterocycles. The summed E-state index contributed by atoms with van der Waals surface area (Å²) in [7, 11) is -3.56. The zero-order chi connectivity index (χ0) is 22.4. The summed E-state index contributed by atoms with van der Waals surface area (Å²) in [6, 6.07) is 20.5. The van der Waals surface area contributed by atoms with Crippen molar-refractivity contribution in [2.75, 3.05) is 24.7 Å². The molecule has 160 valence electrons. The molecule has 3 rings (SSSR count). The first-order chi connectivity index (χ1) is 14.8. The molecule has 31 heavy (non-hydrogen) atoms. The molecule has 0 bridgehead atoms. The SMILES string of the molecule is CS(=O)(=O)c1ccc(NCCNC(=O)c2ccccc2-c2ccccc2)c([N+](=O)[O-])c1. The Hall–Kier alpha value is -3.72. The maximum atomic E-state index is 12.7. The third-order valence-corrected chi connectivity index (χ3v) is 5.69. The molecule has 0 radical (unpaired) electrons. The Labute approximate surface area is 180 Å². The number of amides is 1. The predicted molar refractivity (Wildman–Crippen MR) is 119 cm³/mol. The van der Waals surface area contributed by atoms with Crippen molar-refractivity contribution in [3.05, 3.63) is 88.5 Å². The van der Waals surface area contributed by atoms with Crippen LogP contribution in [0, 0.1) is 10.1 Å². The van der Waals surface area contributed by atoms with E-state index in [1.54, 1.807) is 12.1 Å². The second kappa shape index (κ2) is 9.40. The lowest BCUT2D eigenvalue weighted by Gasteiger charge is -2.12. The Morgan fingerprint density at radius 3 is 2.32 bits per heavy atom. The van der Waals surface area contributed by atoms with Gasteiger partial charge in [-0.05, 0) is 29.3 Å². The summed E-state index contributed by atoms with van der Waals surface area (Å²) < 4.78 is 23.3. The summed E-state index contributed by atoms with van der Waals surface area (Å²) in [5.74, 6) is -0.261. The summed E-state index contributed by atoms with van der Waals surface area (Å²) >= 11 is 0. The van der Waals surface area contributed by atoms with Crippen LogP contribution in [0.25, 0.3) is 11.1 Å². The number of anilines is 1. The quantitative estimate of drug-likeness (QED) is 0.315. The highest BCUT2D eigenvalue weighted by Gasteiger charge is 2.18. The number of nitro benzene ring substituents is 1. The second-order valence-corrected chi connectivity index (χ2v) is 8.82. The molecule has 0 atom stereocenters. The molecule has 0 unspecified atom stereocenters. The number of carbonyl (C=O) groups excluding carboxylic acids is 1. The van der Waals surface area contributed by atoms with E-state index in [1.807, 2.05) is 42.5 Å². The molecule has 9 heteroatoms. The first kappa shape index (κ1) is 22.0. The third-order valence-electron chi connectivity index (χ3n) is 4.58. The van der Waals surface area contributed by atoms with Crippen LogP contribution in [0.15, 0.2) is 77.7 Å². The highest BCUT2D eigenvalue weighted by atomic mass is 32.2. The van der Waals surface area contributed by atoms with E-state index < -0.39 is 14.8 Å². The topological polar surface area (TPSA) is 118 Å². The van der Waals surface area contributed by atoms with E-state index in [0.29, 0.717) is 5.56 Å². The predicted octanol–water partition coefficient (Wildman–Crippen LogP) is 3.51. The van der Waals surface area contributed by atoms with Gasteiger partial charge in [0.15, 0.2) is 9.84 Å².